The molecule has 0 amide bonds. The zero-order valence-electron chi connectivity index (χ0n) is 6.53. The molecule has 0 bridgehead atoms. The van der Waals surface area contributed by atoms with Crippen LogP contribution in [0.3, 0.4) is 0 Å². The summed E-state index contributed by atoms with van der Waals surface area (Å²) in [5, 5.41) is 21.1. The molecule has 0 aromatic carbocycles. The van der Waals surface area contributed by atoms with Crippen molar-refractivity contribution < 1.29 is 5.11 Å². The summed E-state index contributed by atoms with van der Waals surface area (Å²) in [4.78, 5) is 0. The second kappa shape index (κ2) is 3.64. The summed E-state index contributed by atoms with van der Waals surface area (Å²) in [5.41, 5.74) is 0. The molecule has 62 valence electrons. The normalized spacial score (nSPS) is 13.0. The molecule has 1 atom stereocenters. The third-order valence-electron chi connectivity index (χ3n) is 1.17. The molecule has 5 heteroatoms. The maximum Gasteiger partial charge on any atom is 0.205 e. The molecule has 1 aromatic rings. The Morgan fingerprint density at radius 3 is 2.82 bits per heavy atom. The Morgan fingerprint density at radius 1 is 1.64 bits per heavy atom. The van der Waals surface area contributed by atoms with E-state index in [1.54, 1.807) is 0 Å². The monoisotopic (exact) mass is 173 g/mol. The number of nitrogens with zero attached hydrogens (tertiary/aromatic N) is 2. The van der Waals surface area contributed by atoms with E-state index in [0.29, 0.717) is 0 Å². The summed E-state index contributed by atoms with van der Waals surface area (Å²) >= 11 is 1.49. The van der Waals surface area contributed by atoms with Crippen molar-refractivity contribution in [3.05, 3.63) is 5.01 Å². The van der Waals surface area contributed by atoms with E-state index in [-0.39, 0.29) is 12.6 Å². The second-order valence-electron chi connectivity index (χ2n) is 2.35. The zero-order valence-corrected chi connectivity index (χ0v) is 7.35. The highest BCUT2D eigenvalue weighted by atomic mass is 32.1. The highest BCUT2D eigenvalue weighted by Crippen LogP contribution is 2.14. The van der Waals surface area contributed by atoms with Gasteiger partial charge in [0, 0.05) is 6.04 Å². The van der Waals surface area contributed by atoms with Crippen LogP contribution in [0.1, 0.15) is 11.9 Å². The van der Waals surface area contributed by atoms with E-state index in [2.05, 4.69) is 15.5 Å². The molecule has 2 N–H and O–H groups in total. The van der Waals surface area contributed by atoms with Crippen LogP contribution in [0, 0.1) is 6.92 Å². The van der Waals surface area contributed by atoms with Crippen molar-refractivity contribution in [3.8, 4) is 0 Å². The Balaban J connectivity index is 2.50. The van der Waals surface area contributed by atoms with Crippen LogP contribution in [-0.4, -0.2) is 28.0 Å². The fourth-order valence-corrected chi connectivity index (χ4v) is 1.31. The predicted molar refractivity (Wildman–Crippen MR) is 44.8 cm³/mol. The van der Waals surface area contributed by atoms with Gasteiger partial charge in [-0.2, -0.15) is 0 Å². The van der Waals surface area contributed by atoms with Crippen molar-refractivity contribution >= 4 is 16.5 Å². The molecule has 0 aliphatic heterocycles. The molecule has 1 aromatic heterocycles. The van der Waals surface area contributed by atoms with Crippen LogP contribution in [0.5, 0.6) is 0 Å². The molecule has 0 spiro atoms. The zero-order chi connectivity index (χ0) is 8.27. The van der Waals surface area contributed by atoms with Gasteiger partial charge in [-0.1, -0.05) is 11.3 Å². The Morgan fingerprint density at radius 2 is 2.36 bits per heavy atom. The summed E-state index contributed by atoms with van der Waals surface area (Å²) in [7, 11) is 0. The molecule has 0 aliphatic carbocycles. The van der Waals surface area contributed by atoms with Crippen LogP contribution < -0.4 is 5.32 Å². The summed E-state index contributed by atoms with van der Waals surface area (Å²) < 4.78 is 0. The number of aryl methyl sites for hydroxylation is 1. The van der Waals surface area contributed by atoms with Crippen LogP contribution in [0.4, 0.5) is 5.13 Å². The van der Waals surface area contributed by atoms with Gasteiger partial charge >= 0.3 is 0 Å². The lowest BCUT2D eigenvalue weighted by molar-refractivity contribution is 0.281. The van der Waals surface area contributed by atoms with Gasteiger partial charge in [0.25, 0.3) is 0 Å². The molecule has 1 rings (SSSR count). The SMILES string of the molecule is Cc1nnc(NC(C)CO)s1. The number of aliphatic hydroxyl groups excluding tert-OH is 1. The molecule has 11 heavy (non-hydrogen) atoms. The third kappa shape index (κ3) is 2.44. The Hall–Kier alpha value is -0.680. The number of aromatic nitrogens is 2. The molecule has 1 heterocycles. The lowest BCUT2D eigenvalue weighted by Crippen LogP contribution is -2.18. The minimum Gasteiger partial charge on any atom is -0.394 e. The second-order valence-corrected chi connectivity index (χ2v) is 3.54. The largest absolute Gasteiger partial charge is 0.394 e. The fraction of sp³-hybridized carbons (Fsp3) is 0.667. The van der Waals surface area contributed by atoms with Gasteiger partial charge < -0.3 is 10.4 Å². The Kier molecular flexibility index (Phi) is 2.78. The predicted octanol–water partition coefficient (Wildman–Crippen LogP) is 0.639. The molecular formula is C6H11N3OS. The van der Waals surface area contributed by atoms with Gasteiger partial charge in [-0.15, -0.1) is 10.2 Å². The first-order valence-corrected chi connectivity index (χ1v) is 4.21. The number of hydrogen-bond acceptors (Lipinski definition) is 5. The summed E-state index contributed by atoms with van der Waals surface area (Å²) in [5.74, 6) is 0. The van der Waals surface area contributed by atoms with E-state index in [1.807, 2.05) is 13.8 Å². The standard InChI is InChI=1S/C6H11N3OS/c1-4(3-10)7-6-9-8-5(2)11-6/h4,10H,3H2,1-2H3,(H,7,9). The first-order valence-electron chi connectivity index (χ1n) is 3.40. The van der Waals surface area contributed by atoms with E-state index in [4.69, 9.17) is 5.11 Å². The molecule has 0 fully saturated rings. The van der Waals surface area contributed by atoms with Crippen LogP contribution in [0.25, 0.3) is 0 Å². The lowest BCUT2D eigenvalue weighted by atomic mass is 10.4. The smallest absolute Gasteiger partial charge is 0.205 e. The molecule has 0 saturated heterocycles. The minimum absolute atomic E-state index is 0.0438. The van der Waals surface area contributed by atoms with Gasteiger partial charge in [-0.05, 0) is 13.8 Å². The van der Waals surface area contributed by atoms with E-state index >= 15 is 0 Å². The van der Waals surface area contributed by atoms with Crippen molar-refractivity contribution in [2.45, 2.75) is 19.9 Å². The van der Waals surface area contributed by atoms with Crippen LogP contribution in [-0.2, 0) is 0 Å². The van der Waals surface area contributed by atoms with Gasteiger partial charge in [0.2, 0.25) is 5.13 Å². The van der Waals surface area contributed by atoms with E-state index in [0.717, 1.165) is 10.1 Å². The minimum atomic E-state index is 0.0438. The topological polar surface area (TPSA) is 58.0 Å². The maximum atomic E-state index is 8.70. The Bertz CT molecular complexity index is 225. The first-order chi connectivity index (χ1) is 5.22. The molecule has 0 aliphatic rings. The van der Waals surface area contributed by atoms with Crippen molar-refractivity contribution in [3.63, 3.8) is 0 Å². The van der Waals surface area contributed by atoms with Gasteiger partial charge in [0.1, 0.15) is 5.01 Å². The number of hydrogen-bond donors (Lipinski definition) is 2. The number of rotatable bonds is 3. The van der Waals surface area contributed by atoms with Crippen LogP contribution >= 0.6 is 11.3 Å². The summed E-state index contributed by atoms with van der Waals surface area (Å²) in [6.45, 7) is 3.89. The maximum absolute atomic E-state index is 8.70. The summed E-state index contributed by atoms with van der Waals surface area (Å²) in [6, 6.07) is 0.0438. The van der Waals surface area contributed by atoms with Gasteiger partial charge in [-0.3, -0.25) is 0 Å². The quantitative estimate of drug-likeness (QED) is 0.704. The molecular weight excluding hydrogens is 162 g/mol. The van der Waals surface area contributed by atoms with E-state index in [9.17, 15) is 0 Å². The number of aliphatic hydroxyl groups is 1. The molecule has 1 unspecified atom stereocenters. The fourth-order valence-electron chi connectivity index (χ4n) is 0.611. The summed E-state index contributed by atoms with van der Waals surface area (Å²) in [6.07, 6.45) is 0. The molecule has 0 radical (unpaired) electrons. The van der Waals surface area contributed by atoms with Crippen LogP contribution in [0.15, 0.2) is 0 Å². The average molecular weight is 173 g/mol. The van der Waals surface area contributed by atoms with Crippen molar-refractivity contribution in [1.82, 2.24) is 10.2 Å². The molecule has 4 nitrogen and oxygen atoms in total. The van der Waals surface area contributed by atoms with Gasteiger partial charge in [0.15, 0.2) is 0 Å². The molecule has 0 saturated carbocycles. The van der Waals surface area contributed by atoms with E-state index < -0.39 is 0 Å². The van der Waals surface area contributed by atoms with Crippen molar-refractivity contribution in [2.75, 3.05) is 11.9 Å². The van der Waals surface area contributed by atoms with E-state index in [1.165, 1.54) is 11.3 Å². The highest BCUT2D eigenvalue weighted by molar-refractivity contribution is 7.15. The van der Waals surface area contributed by atoms with Crippen molar-refractivity contribution in [2.24, 2.45) is 0 Å². The Labute approximate surface area is 69.3 Å². The van der Waals surface area contributed by atoms with Gasteiger partial charge in [-0.25, -0.2) is 0 Å². The first kappa shape index (κ1) is 8.42. The third-order valence-corrected chi connectivity index (χ3v) is 1.94. The number of nitrogens with one attached hydrogen (secondary N) is 1. The van der Waals surface area contributed by atoms with Gasteiger partial charge in [0.05, 0.1) is 6.61 Å². The lowest BCUT2D eigenvalue weighted by Gasteiger charge is -2.06. The number of anilines is 1. The highest BCUT2D eigenvalue weighted by Gasteiger charge is 2.03. The van der Waals surface area contributed by atoms with Crippen molar-refractivity contribution in [1.29, 1.82) is 0 Å². The van der Waals surface area contributed by atoms with Crippen LogP contribution in [0.2, 0.25) is 0 Å². The average Bonchev–Trinajstić information content (AvgIpc) is 2.35.